The zero-order valence-electron chi connectivity index (χ0n) is 10.8. The summed E-state index contributed by atoms with van der Waals surface area (Å²) >= 11 is 0. The van der Waals surface area contributed by atoms with Crippen molar-refractivity contribution in [2.24, 2.45) is 5.73 Å². The summed E-state index contributed by atoms with van der Waals surface area (Å²) < 4.78 is 13.1. The third-order valence-corrected chi connectivity index (χ3v) is 3.30. The van der Waals surface area contributed by atoms with Crippen LogP contribution in [0.2, 0.25) is 0 Å². The number of benzene rings is 2. The lowest BCUT2D eigenvalue weighted by atomic mass is 9.97. The molecule has 1 unspecified atom stereocenters. The average Bonchev–Trinajstić information content (AvgIpc) is 2.32. The van der Waals surface area contributed by atoms with Crippen molar-refractivity contribution in [2.75, 3.05) is 0 Å². The number of nitrogens with two attached hydrogens (primary N) is 1. The zero-order valence-corrected chi connectivity index (χ0v) is 10.8. The summed E-state index contributed by atoms with van der Waals surface area (Å²) in [6.07, 6.45) is 0.653. The lowest BCUT2D eigenvalue weighted by molar-refractivity contribution is 0.622. The fourth-order valence-corrected chi connectivity index (χ4v) is 2.03. The molecule has 0 aromatic heterocycles. The molecule has 0 aliphatic heterocycles. The number of hydrogen-bond donors (Lipinski definition) is 1. The third kappa shape index (κ3) is 2.96. The molecule has 0 heterocycles. The highest BCUT2D eigenvalue weighted by atomic mass is 19.1. The highest BCUT2D eigenvalue weighted by Gasteiger charge is 2.08. The van der Waals surface area contributed by atoms with E-state index in [1.54, 1.807) is 12.1 Å². The molecule has 2 heteroatoms. The van der Waals surface area contributed by atoms with Gasteiger partial charge in [-0.05, 0) is 54.7 Å². The van der Waals surface area contributed by atoms with E-state index < -0.39 is 0 Å². The van der Waals surface area contributed by atoms with Gasteiger partial charge in [0.15, 0.2) is 0 Å². The summed E-state index contributed by atoms with van der Waals surface area (Å²) in [7, 11) is 0. The van der Waals surface area contributed by atoms with Gasteiger partial charge in [0.2, 0.25) is 0 Å². The molecule has 0 aliphatic carbocycles. The Balaban J connectivity index is 2.16. The molecule has 0 radical (unpaired) electrons. The fraction of sp³-hybridized carbons (Fsp3) is 0.250. The number of hydrogen-bond acceptors (Lipinski definition) is 1. The largest absolute Gasteiger partial charge is 0.324 e. The number of rotatable bonds is 3. The first-order chi connectivity index (χ1) is 8.56. The molecule has 18 heavy (non-hydrogen) atoms. The molecular weight excluding hydrogens is 225 g/mol. The lowest BCUT2D eigenvalue weighted by Gasteiger charge is -2.14. The van der Waals surface area contributed by atoms with Crippen LogP contribution in [0.25, 0.3) is 0 Å². The summed E-state index contributed by atoms with van der Waals surface area (Å²) in [5, 5.41) is 0. The van der Waals surface area contributed by atoms with E-state index in [1.165, 1.54) is 17.2 Å². The standard InChI is InChI=1S/C16H18FN/c1-11-6-7-14(8-12(11)2)16(18)10-13-4-3-5-15(17)9-13/h3-9,16H,10,18H2,1-2H3. The zero-order chi connectivity index (χ0) is 13.1. The van der Waals surface area contributed by atoms with Crippen LogP contribution in [-0.2, 0) is 6.42 Å². The predicted molar refractivity (Wildman–Crippen MR) is 72.9 cm³/mol. The van der Waals surface area contributed by atoms with Gasteiger partial charge in [0.05, 0.1) is 0 Å². The molecule has 1 atom stereocenters. The van der Waals surface area contributed by atoms with Crippen LogP contribution in [0.3, 0.4) is 0 Å². The molecule has 0 bridgehead atoms. The summed E-state index contributed by atoms with van der Waals surface area (Å²) in [6, 6.07) is 12.8. The van der Waals surface area contributed by atoms with E-state index in [0.717, 1.165) is 11.1 Å². The van der Waals surface area contributed by atoms with Crippen molar-refractivity contribution in [3.8, 4) is 0 Å². The highest BCUT2D eigenvalue weighted by molar-refractivity contribution is 5.32. The first-order valence-corrected chi connectivity index (χ1v) is 6.13. The molecule has 2 aromatic carbocycles. The van der Waals surface area contributed by atoms with Crippen LogP contribution in [0.4, 0.5) is 4.39 Å². The Morgan fingerprint density at radius 3 is 2.50 bits per heavy atom. The van der Waals surface area contributed by atoms with Gasteiger partial charge in [0.1, 0.15) is 5.82 Å². The Bertz CT molecular complexity index is 549. The van der Waals surface area contributed by atoms with E-state index in [-0.39, 0.29) is 11.9 Å². The van der Waals surface area contributed by atoms with Crippen molar-refractivity contribution in [1.29, 1.82) is 0 Å². The fourth-order valence-electron chi connectivity index (χ4n) is 2.03. The second-order valence-corrected chi connectivity index (χ2v) is 4.78. The van der Waals surface area contributed by atoms with Crippen LogP contribution in [-0.4, -0.2) is 0 Å². The molecule has 2 N–H and O–H groups in total. The van der Waals surface area contributed by atoms with Crippen molar-refractivity contribution in [1.82, 2.24) is 0 Å². The van der Waals surface area contributed by atoms with Crippen LogP contribution >= 0.6 is 0 Å². The third-order valence-electron chi connectivity index (χ3n) is 3.30. The van der Waals surface area contributed by atoms with Gasteiger partial charge in [-0.1, -0.05) is 30.3 Å². The van der Waals surface area contributed by atoms with Gasteiger partial charge in [-0.15, -0.1) is 0 Å². The van der Waals surface area contributed by atoms with Gasteiger partial charge in [-0.2, -0.15) is 0 Å². The highest BCUT2D eigenvalue weighted by Crippen LogP contribution is 2.19. The van der Waals surface area contributed by atoms with Crippen molar-refractivity contribution in [3.63, 3.8) is 0 Å². The van der Waals surface area contributed by atoms with E-state index in [1.807, 2.05) is 12.1 Å². The van der Waals surface area contributed by atoms with Crippen LogP contribution in [0.5, 0.6) is 0 Å². The Hall–Kier alpha value is -1.67. The minimum absolute atomic E-state index is 0.0916. The van der Waals surface area contributed by atoms with E-state index in [9.17, 15) is 4.39 Å². The van der Waals surface area contributed by atoms with Crippen LogP contribution < -0.4 is 5.73 Å². The molecule has 2 aromatic rings. The maximum absolute atomic E-state index is 13.1. The van der Waals surface area contributed by atoms with E-state index in [4.69, 9.17) is 5.73 Å². The van der Waals surface area contributed by atoms with Crippen LogP contribution in [0, 0.1) is 19.7 Å². The van der Waals surface area contributed by atoms with Gasteiger partial charge in [0, 0.05) is 6.04 Å². The van der Waals surface area contributed by atoms with E-state index in [2.05, 4.69) is 26.0 Å². The van der Waals surface area contributed by atoms with Crippen molar-refractivity contribution in [2.45, 2.75) is 26.3 Å². The van der Waals surface area contributed by atoms with Gasteiger partial charge in [-0.3, -0.25) is 0 Å². The summed E-state index contributed by atoms with van der Waals surface area (Å²) in [4.78, 5) is 0. The quantitative estimate of drug-likeness (QED) is 0.874. The lowest BCUT2D eigenvalue weighted by Crippen LogP contribution is -2.13. The van der Waals surface area contributed by atoms with Crippen molar-refractivity contribution in [3.05, 3.63) is 70.5 Å². The van der Waals surface area contributed by atoms with E-state index in [0.29, 0.717) is 6.42 Å². The SMILES string of the molecule is Cc1ccc(C(N)Cc2cccc(F)c2)cc1C. The topological polar surface area (TPSA) is 26.0 Å². The minimum Gasteiger partial charge on any atom is -0.324 e. The van der Waals surface area contributed by atoms with Crippen LogP contribution in [0.1, 0.15) is 28.3 Å². The molecule has 0 saturated heterocycles. The Kier molecular flexibility index (Phi) is 3.78. The molecule has 0 saturated carbocycles. The molecular formula is C16H18FN. The molecule has 0 aliphatic rings. The average molecular weight is 243 g/mol. The minimum atomic E-state index is -0.209. The van der Waals surface area contributed by atoms with Gasteiger partial charge in [-0.25, -0.2) is 4.39 Å². The molecule has 2 rings (SSSR count). The molecule has 0 spiro atoms. The van der Waals surface area contributed by atoms with Gasteiger partial charge in [0.25, 0.3) is 0 Å². The van der Waals surface area contributed by atoms with E-state index >= 15 is 0 Å². The molecule has 94 valence electrons. The number of halogens is 1. The predicted octanol–water partition coefficient (Wildman–Crippen LogP) is 3.69. The second kappa shape index (κ2) is 5.32. The first kappa shape index (κ1) is 12.8. The van der Waals surface area contributed by atoms with Crippen LogP contribution in [0.15, 0.2) is 42.5 Å². The maximum Gasteiger partial charge on any atom is 0.123 e. The normalized spacial score (nSPS) is 12.4. The Labute approximate surface area is 107 Å². The summed E-state index contributed by atoms with van der Waals surface area (Å²) in [5.41, 5.74) is 10.7. The smallest absolute Gasteiger partial charge is 0.123 e. The van der Waals surface area contributed by atoms with Crippen molar-refractivity contribution >= 4 is 0 Å². The van der Waals surface area contributed by atoms with Gasteiger partial charge >= 0.3 is 0 Å². The molecule has 1 nitrogen and oxygen atoms in total. The van der Waals surface area contributed by atoms with Gasteiger partial charge < -0.3 is 5.73 Å². The number of aryl methyl sites for hydroxylation is 2. The molecule has 0 fully saturated rings. The Morgan fingerprint density at radius 2 is 1.83 bits per heavy atom. The molecule has 0 amide bonds. The van der Waals surface area contributed by atoms with Crippen molar-refractivity contribution < 1.29 is 4.39 Å². The Morgan fingerprint density at radius 1 is 1.06 bits per heavy atom. The first-order valence-electron chi connectivity index (χ1n) is 6.13. The maximum atomic E-state index is 13.1. The monoisotopic (exact) mass is 243 g/mol. The summed E-state index contributed by atoms with van der Waals surface area (Å²) in [6.45, 7) is 4.16. The second-order valence-electron chi connectivity index (χ2n) is 4.78. The summed E-state index contributed by atoms with van der Waals surface area (Å²) in [5.74, 6) is -0.209.